The van der Waals surface area contributed by atoms with E-state index in [2.05, 4.69) is 40.7 Å². The third kappa shape index (κ3) is 2.68. The fourth-order valence-electron chi connectivity index (χ4n) is 9.61. The standard InChI is InChI=1S/C28H42O3/c1-16-6-9-26(4)19(12-16)13-22(29)24-20(26)8-10-27(5)21(24)14-23-25(27)18(3)28(31-23)11-7-17(2)15-30-28/h13,16-18,20-21,23-25H,6-12,14-15H2,1-5H3/t16-,17?,18-,20-,21-,23-,24?,25-,26-,27-,28+/m0/s1. The van der Waals surface area contributed by atoms with E-state index in [0.29, 0.717) is 35.4 Å². The van der Waals surface area contributed by atoms with Crippen molar-refractivity contribution in [3.05, 3.63) is 11.6 Å². The number of ether oxygens (including phenoxy) is 2. The van der Waals surface area contributed by atoms with Gasteiger partial charge in [0.15, 0.2) is 11.6 Å². The van der Waals surface area contributed by atoms with Crippen LogP contribution in [0, 0.1) is 52.3 Å². The molecule has 4 aliphatic carbocycles. The summed E-state index contributed by atoms with van der Waals surface area (Å²) in [5.41, 5.74) is 1.94. The quantitative estimate of drug-likeness (QED) is 0.465. The molecule has 3 saturated carbocycles. The number of fused-ring (bicyclic) bond motifs is 7. The smallest absolute Gasteiger partial charge is 0.171 e. The summed E-state index contributed by atoms with van der Waals surface area (Å²) in [5.74, 6) is 3.65. The Morgan fingerprint density at radius 1 is 0.968 bits per heavy atom. The summed E-state index contributed by atoms with van der Waals surface area (Å²) in [6.07, 6.45) is 11.9. The summed E-state index contributed by atoms with van der Waals surface area (Å²) in [4.78, 5) is 13.6. The van der Waals surface area contributed by atoms with Crippen LogP contribution < -0.4 is 0 Å². The molecule has 3 heteroatoms. The zero-order chi connectivity index (χ0) is 21.8. The topological polar surface area (TPSA) is 35.5 Å². The zero-order valence-electron chi connectivity index (χ0n) is 20.3. The Labute approximate surface area is 188 Å². The molecular weight excluding hydrogens is 384 g/mol. The molecule has 6 rings (SSSR count). The van der Waals surface area contributed by atoms with Crippen molar-refractivity contribution < 1.29 is 14.3 Å². The van der Waals surface area contributed by atoms with Gasteiger partial charge in [0.05, 0.1) is 12.7 Å². The Morgan fingerprint density at radius 3 is 2.48 bits per heavy atom. The first-order valence-corrected chi connectivity index (χ1v) is 13.2. The number of hydrogen-bond donors (Lipinski definition) is 0. The van der Waals surface area contributed by atoms with Gasteiger partial charge in [-0.3, -0.25) is 4.79 Å². The maximum atomic E-state index is 13.6. The number of rotatable bonds is 0. The molecule has 0 radical (unpaired) electrons. The number of carbonyl (C=O) groups excluding carboxylic acids is 1. The van der Waals surface area contributed by atoms with Crippen LogP contribution in [0.4, 0.5) is 0 Å². The molecule has 31 heavy (non-hydrogen) atoms. The molecule has 0 bridgehead atoms. The Balaban J connectivity index is 1.32. The van der Waals surface area contributed by atoms with Crippen molar-refractivity contribution in [3.8, 4) is 0 Å². The van der Waals surface area contributed by atoms with Crippen molar-refractivity contribution in [2.75, 3.05) is 6.61 Å². The van der Waals surface area contributed by atoms with Crippen molar-refractivity contribution in [2.24, 2.45) is 52.3 Å². The van der Waals surface area contributed by atoms with Gasteiger partial charge in [0.2, 0.25) is 0 Å². The molecule has 0 aromatic carbocycles. The fraction of sp³-hybridized carbons (Fsp3) is 0.893. The number of carbonyl (C=O) groups is 1. The third-order valence-electron chi connectivity index (χ3n) is 11.5. The molecule has 2 saturated heterocycles. The first kappa shape index (κ1) is 20.9. The van der Waals surface area contributed by atoms with E-state index in [0.717, 1.165) is 31.8 Å². The summed E-state index contributed by atoms with van der Waals surface area (Å²) in [6, 6.07) is 0. The summed E-state index contributed by atoms with van der Waals surface area (Å²) in [7, 11) is 0. The van der Waals surface area contributed by atoms with Crippen LogP contribution >= 0.6 is 0 Å². The predicted molar refractivity (Wildman–Crippen MR) is 121 cm³/mol. The van der Waals surface area contributed by atoms with Crippen LogP contribution in [0.1, 0.15) is 86.0 Å². The summed E-state index contributed by atoms with van der Waals surface area (Å²) in [6.45, 7) is 12.9. The SMILES string of the molecule is CC1CC[C@@]2(OC1)O[C@H]1C[C@H]3C4C(=O)C=C5C[C@@H](C)CC[C@]5(C)[C@H]4CC[C@]3(C)[C@H]1[C@@H]2C. The van der Waals surface area contributed by atoms with Crippen molar-refractivity contribution in [3.63, 3.8) is 0 Å². The van der Waals surface area contributed by atoms with Gasteiger partial charge in [0.1, 0.15) is 0 Å². The van der Waals surface area contributed by atoms with Crippen molar-refractivity contribution in [2.45, 2.75) is 97.9 Å². The van der Waals surface area contributed by atoms with Crippen LogP contribution in [0.25, 0.3) is 0 Å². The van der Waals surface area contributed by atoms with Gasteiger partial charge in [-0.2, -0.15) is 0 Å². The lowest BCUT2D eigenvalue weighted by molar-refractivity contribution is -0.272. The summed E-state index contributed by atoms with van der Waals surface area (Å²) < 4.78 is 13.3. The van der Waals surface area contributed by atoms with Gasteiger partial charge in [0.25, 0.3) is 0 Å². The molecule has 11 atom stereocenters. The molecule has 2 heterocycles. The highest BCUT2D eigenvalue weighted by atomic mass is 16.7. The molecule has 3 nitrogen and oxygen atoms in total. The molecule has 2 unspecified atom stereocenters. The van der Waals surface area contributed by atoms with E-state index in [-0.39, 0.29) is 28.6 Å². The minimum atomic E-state index is -0.359. The van der Waals surface area contributed by atoms with Gasteiger partial charge in [-0.15, -0.1) is 0 Å². The second kappa shape index (κ2) is 6.69. The van der Waals surface area contributed by atoms with Crippen molar-refractivity contribution >= 4 is 5.78 Å². The Morgan fingerprint density at radius 2 is 1.74 bits per heavy atom. The van der Waals surface area contributed by atoms with E-state index in [1.165, 1.54) is 37.7 Å². The fourth-order valence-corrected chi connectivity index (χ4v) is 9.61. The van der Waals surface area contributed by atoms with Gasteiger partial charge in [-0.25, -0.2) is 0 Å². The van der Waals surface area contributed by atoms with Crippen LogP contribution in [0.3, 0.4) is 0 Å². The van der Waals surface area contributed by atoms with E-state index >= 15 is 0 Å². The number of ketones is 1. The monoisotopic (exact) mass is 426 g/mol. The average molecular weight is 427 g/mol. The lowest BCUT2D eigenvalue weighted by atomic mass is 9.46. The normalized spacial score (nSPS) is 58.4. The van der Waals surface area contributed by atoms with Gasteiger partial charge in [-0.1, -0.05) is 40.2 Å². The zero-order valence-corrected chi connectivity index (χ0v) is 20.3. The van der Waals surface area contributed by atoms with Gasteiger partial charge in [-0.05, 0) is 91.4 Å². The van der Waals surface area contributed by atoms with E-state index in [9.17, 15) is 4.79 Å². The molecular formula is C28H42O3. The van der Waals surface area contributed by atoms with Crippen molar-refractivity contribution in [1.82, 2.24) is 0 Å². The van der Waals surface area contributed by atoms with Crippen LogP contribution in [0.5, 0.6) is 0 Å². The molecule has 5 fully saturated rings. The van der Waals surface area contributed by atoms with Crippen LogP contribution in [-0.2, 0) is 14.3 Å². The van der Waals surface area contributed by atoms with E-state index in [4.69, 9.17) is 9.47 Å². The first-order chi connectivity index (χ1) is 14.7. The third-order valence-corrected chi connectivity index (χ3v) is 11.5. The van der Waals surface area contributed by atoms with Crippen molar-refractivity contribution in [1.29, 1.82) is 0 Å². The molecule has 172 valence electrons. The van der Waals surface area contributed by atoms with E-state index < -0.39 is 0 Å². The first-order valence-electron chi connectivity index (χ1n) is 13.2. The van der Waals surface area contributed by atoms with E-state index in [1.807, 2.05) is 0 Å². The highest BCUT2D eigenvalue weighted by Crippen LogP contribution is 2.70. The predicted octanol–water partition coefficient (Wildman–Crippen LogP) is 6.17. The Kier molecular flexibility index (Phi) is 4.51. The second-order valence-electron chi connectivity index (χ2n) is 13.1. The summed E-state index contributed by atoms with van der Waals surface area (Å²) >= 11 is 0. The second-order valence-corrected chi connectivity index (χ2v) is 13.1. The molecule has 0 N–H and O–H groups in total. The average Bonchev–Trinajstić information content (AvgIpc) is 3.16. The molecule has 0 aromatic rings. The van der Waals surface area contributed by atoms with Crippen LogP contribution in [-0.4, -0.2) is 24.3 Å². The lowest BCUT2D eigenvalue weighted by Crippen LogP contribution is -2.54. The number of hydrogen-bond acceptors (Lipinski definition) is 3. The molecule has 0 aromatic heterocycles. The minimum absolute atomic E-state index is 0.209. The largest absolute Gasteiger partial charge is 0.349 e. The molecule has 0 amide bonds. The van der Waals surface area contributed by atoms with E-state index in [1.54, 1.807) is 0 Å². The Bertz CT molecular complexity index is 807. The highest BCUT2D eigenvalue weighted by Gasteiger charge is 2.69. The maximum Gasteiger partial charge on any atom is 0.171 e. The molecule has 2 aliphatic heterocycles. The van der Waals surface area contributed by atoms with Gasteiger partial charge < -0.3 is 9.47 Å². The lowest BCUT2D eigenvalue weighted by Gasteiger charge is -2.57. The van der Waals surface area contributed by atoms with Crippen LogP contribution in [0.2, 0.25) is 0 Å². The Hall–Kier alpha value is -0.670. The summed E-state index contributed by atoms with van der Waals surface area (Å²) in [5, 5.41) is 0. The van der Waals surface area contributed by atoms with Gasteiger partial charge >= 0.3 is 0 Å². The highest BCUT2D eigenvalue weighted by molar-refractivity contribution is 5.94. The molecule has 1 spiro atoms. The van der Waals surface area contributed by atoms with Gasteiger partial charge in [0, 0.05) is 18.3 Å². The maximum absolute atomic E-state index is 13.6. The molecule has 6 aliphatic rings. The number of allylic oxidation sites excluding steroid dienone is 2. The minimum Gasteiger partial charge on any atom is -0.349 e. The van der Waals surface area contributed by atoms with Crippen LogP contribution in [0.15, 0.2) is 11.6 Å².